The Morgan fingerprint density at radius 1 is 1.17 bits per heavy atom. The normalized spacial score (nSPS) is 10.6. The Bertz CT molecular complexity index is 514. The molecule has 0 radical (unpaired) electrons. The lowest BCUT2D eigenvalue weighted by Gasteiger charge is -2.14. The second-order valence-corrected chi connectivity index (χ2v) is 5.23. The maximum atomic E-state index is 6.12. The highest BCUT2D eigenvalue weighted by Crippen LogP contribution is 2.36. The molecule has 0 atom stereocenters. The highest BCUT2D eigenvalue weighted by atomic mass is 32.2. The molecule has 0 bridgehead atoms. The summed E-state index contributed by atoms with van der Waals surface area (Å²) in [4.78, 5) is 6.11. The molecule has 0 unspecified atom stereocenters. The molecule has 4 heteroatoms. The van der Waals surface area contributed by atoms with Crippen LogP contribution in [-0.2, 0) is 0 Å². The fourth-order valence-electron chi connectivity index (χ4n) is 1.50. The molecule has 1 aromatic carbocycles. The zero-order chi connectivity index (χ0) is 13.0. The average Bonchev–Trinajstić information content (AvgIpc) is 2.35. The van der Waals surface area contributed by atoms with Gasteiger partial charge in [-0.05, 0) is 38.1 Å². The Kier molecular flexibility index (Phi) is 4.10. The summed E-state index contributed by atoms with van der Waals surface area (Å²) in [7, 11) is 0. The Morgan fingerprint density at radius 2 is 1.89 bits per heavy atom. The molecule has 0 fully saturated rings. The van der Waals surface area contributed by atoms with E-state index in [2.05, 4.69) is 4.98 Å². The number of hydrogen-bond donors (Lipinski definition) is 1. The standard InChI is InChI=1S/C14H16N2OS/c1-10(2)17-12-4-3-5-13(14(12)15)18-11-6-8-16-9-7-11/h3-10H,15H2,1-2H3. The summed E-state index contributed by atoms with van der Waals surface area (Å²) in [5, 5.41) is 0. The number of benzene rings is 1. The third-order valence-electron chi connectivity index (χ3n) is 2.27. The van der Waals surface area contributed by atoms with E-state index in [0.29, 0.717) is 5.69 Å². The number of pyridine rings is 1. The van der Waals surface area contributed by atoms with E-state index in [1.54, 1.807) is 24.2 Å². The van der Waals surface area contributed by atoms with Gasteiger partial charge in [0, 0.05) is 22.2 Å². The summed E-state index contributed by atoms with van der Waals surface area (Å²) < 4.78 is 5.67. The molecule has 94 valence electrons. The lowest BCUT2D eigenvalue weighted by molar-refractivity contribution is 0.243. The maximum Gasteiger partial charge on any atom is 0.143 e. The zero-order valence-corrected chi connectivity index (χ0v) is 11.3. The van der Waals surface area contributed by atoms with E-state index in [9.17, 15) is 0 Å². The van der Waals surface area contributed by atoms with Gasteiger partial charge in [0.05, 0.1) is 11.8 Å². The van der Waals surface area contributed by atoms with Crippen LogP contribution in [0.1, 0.15) is 13.8 Å². The number of aromatic nitrogens is 1. The van der Waals surface area contributed by atoms with E-state index in [0.717, 1.165) is 15.5 Å². The number of rotatable bonds is 4. The number of anilines is 1. The number of ether oxygens (including phenoxy) is 1. The van der Waals surface area contributed by atoms with Crippen LogP contribution in [0, 0.1) is 0 Å². The number of nitrogen functional groups attached to an aromatic ring is 1. The molecule has 2 aromatic rings. The van der Waals surface area contributed by atoms with Crippen molar-refractivity contribution >= 4 is 17.4 Å². The summed E-state index contributed by atoms with van der Waals surface area (Å²) in [5.41, 5.74) is 6.81. The first-order valence-electron chi connectivity index (χ1n) is 5.80. The average molecular weight is 260 g/mol. The molecule has 0 aliphatic rings. The van der Waals surface area contributed by atoms with Crippen LogP contribution >= 0.6 is 11.8 Å². The SMILES string of the molecule is CC(C)Oc1cccc(Sc2ccncc2)c1N. The highest BCUT2D eigenvalue weighted by molar-refractivity contribution is 7.99. The smallest absolute Gasteiger partial charge is 0.143 e. The van der Waals surface area contributed by atoms with Crippen LogP contribution in [-0.4, -0.2) is 11.1 Å². The summed E-state index contributed by atoms with van der Waals surface area (Å²) in [6.45, 7) is 3.98. The topological polar surface area (TPSA) is 48.1 Å². The van der Waals surface area contributed by atoms with Crippen molar-refractivity contribution < 1.29 is 4.74 Å². The van der Waals surface area contributed by atoms with Crippen molar-refractivity contribution in [2.45, 2.75) is 29.7 Å². The Morgan fingerprint density at radius 3 is 2.56 bits per heavy atom. The van der Waals surface area contributed by atoms with Gasteiger partial charge in [-0.25, -0.2) is 0 Å². The van der Waals surface area contributed by atoms with Crippen LogP contribution in [0.5, 0.6) is 5.75 Å². The van der Waals surface area contributed by atoms with Crippen molar-refractivity contribution in [2.24, 2.45) is 0 Å². The molecular formula is C14H16N2OS. The second kappa shape index (κ2) is 5.78. The highest BCUT2D eigenvalue weighted by Gasteiger charge is 2.08. The van der Waals surface area contributed by atoms with Gasteiger partial charge in [0.25, 0.3) is 0 Å². The first-order chi connectivity index (χ1) is 8.66. The molecule has 0 amide bonds. The van der Waals surface area contributed by atoms with Crippen molar-refractivity contribution in [3.8, 4) is 5.75 Å². The molecule has 18 heavy (non-hydrogen) atoms. The minimum atomic E-state index is 0.119. The molecular weight excluding hydrogens is 244 g/mol. The van der Waals surface area contributed by atoms with Gasteiger partial charge in [-0.15, -0.1) is 0 Å². The van der Waals surface area contributed by atoms with Crippen LogP contribution in [0.3, 0.4) is 0 Å². The predicted octanol–water partition coefficient (Wildman–Crippen LogP) is 3.60. The van der Waals surface area contributed by atoms with Crippen molar-refractivity contribution in [3.63, 3.8) is 0 Å². The monoisotopic (exact) mass is 260 g/mol. The zero-order valence-electron chi connectivity index (χ0n) is 10.5. The molecule has 0 aliphatic heterocycles. The van der Waals surface area contributed by atoms with Gasteiger partial charge < -0.3 is 10.5 Å². The van der Waals surface area contributed by atoms with Gasteiger partial charge in [-0.1, -0.05) is 17.8 Å². The predicted molar refractivity (Wildman–Crippen MR) is 75.0 cm³/mol. The summed E-state index contributed by atoms with van der Waals surface area (Å²) in [6, 6.07) is 9.76. The van der Waals surface area contributed by atoms with E-state index < -0.39 is 0 Å². The third-order valence-corrected chi connectivity index (χ3v) is 3.35. The fourth-order valence-corrected chi connectivity index (χ4v) is 2.37. The van der Waals surface area contributed by atoms with Gasteiger partial charge in [-0.3, -0.25) is 4.98 Å². The van der Waals surface area contributed by atoms with Crippen LogP contribution in [0.2, 0.25) is 0 Å². The van der Waals surface area contributed by atoms with Crippen LogP contribution < -0.4 is 10.5 Å². The minimum Gasteiger partial charge on any atom is -0.489 e. The van der Waals surface area contributed by atoms with Crippen LogP contribution in [0.4, 0.5) is 5.69 Å². The lowest BCUT2D eigenvalue weighted by Crippen LogP contribution is -2.07. The summed E-state index contributed by atoms with van der Waals surface area (Å²) in [6.07, 6.45) is 3.66. The van der Waals surface area contributed by atoms with Gasteiger partial charge >= 0.3 is 0 Å². The molecule has 0 saturated carbocycles. The van der Waals surface area contributed by atoms with Crippen LogP contribution in [0.25, 0.3) is 0 Å². The second-order valence-electron chi connectivity index (χ2n) is 4.12. The Labute approximate surface area is 111 Å². The van der Waals surface area contributed by atoms with Gasteiger partial charge in [0.15, 0.2) is 0 Å². The number of hydrogen-bond acceptors (Lipinski definition) is 4. The lowest BCUT2D eigenvalue weighted by atomic mass is 10.3. The fraction of sp³-hybridized carbons (Fsp3) is 0.214. The van der Waals surface area contributed by atoms with Gasteiger partial charge in [-0.2, -0.15) is 0 Å². The number of nitrogens with zero attached hydrogens (tertiary/aromatic N) is 1. The quantitative estimate of drug-likeness (QED) is 0.853. The van der Waals surface area contributed by atoms with Crippen molar-refractivity contribution in [3.05, 3.63) is 42.7 Å². The molecule has 1 heterocycles. The van der Waals surface area contributed by atoms with E-state index in [-0.39, 0.29) is 6.10 Å². The molecule has 2 rings (SSSR count). The van der Waals surface area contributed by atoms with E-state index in [4.69, 9.17) is 10.5 Å². The Balaban J connectivity index is 2.23. The van der Waals surface area contributed by atoms with Gasteiger partial charge in [0.1, 0.15) is 5.75 Å². The maximum absolute atomic E-state index is 6.12. The molecule has 3 nitrogen and oxygen atoms in total. The molecule has 0 spiro atoms. The molecule has 0 saturated heterocycles. The first-order valence-corrected chi connectivity index (χ1v) is 6.61. The largest absolute Gasteiger partial charge is 0.489 e. The van der Waals surface area contributed by atoms with E-state index in [1.807, 2.05) is 44.2 Å². The summed E-state index contributed by atoms with van der Waals surface area (Å²) >= 11 is 1.61. The number of para-hydroxylation sites is 1. The van der Waals surface area contributed by atoms with Crippen molar-refractivity contribution in [1.29, 1.82) is 0 Å². The van der Waals surface area contributed by atoms with Crippen LogP contribution in [0.15, 0.2) is 52.5 Å². The third kappa shape index (κ3) is 3.17. The Hall–Kier alpha value is -1.68. The first kappa shape index (κ1) is 12.8. The molecule has 2 N–H and O–H groups in total. The van der Waals surface area contributed by atoms with E-state index >= 15 is 0 Å². The van der Waals surface area contributed by atoms with E-state index in [1.165, 1.54) is 0 Å². The molecule has 0 aliphatic carbocycles. The summed E-state index contributed by atoms with van der Waals surface area (Å²) in [5.74, 6) is 0.740. The van der Waals surface area contributed by atoms with Gasteiger partial charge in [0.2, 0.25) is 0 Å². The van der Waals surface area contributed by atoms with Crippen molar-refractivity contribution in [2.75, 3.05) is 5.73 Å². The molecule has 1 aromatic heterocycles. The minimum absolute atomic E-state index is 0.119. The van der Waals surface area contributed by atoms with Crippen molar-refractivity contribution in [1.82, 2.24) is 4.98 Å². The number of nitrogens with two attached hydrogens (primary N) is 1.